The first-order valence-corrected chi connectivity index (χ1v) is 13.8. The molecule has 4 nitrogen and oxygen atoms in total. The second-order valence-corrected chi connectivity index (χ2v) is 11.5. The number of hydrogen-bond acceptors (Lipinski definition) is 3. The van der Waals surface area contributed by atoms with Crippen molar-refractivity contribution < 1.29 is 18.4 Å². The highest BCUT2D eigenvalue weighted by Gasteiger charge is 2.45. The summed E-state index contributed by atoms with van der Waals surface area (Å²) < 4.78 is 28.7. The van der Waals surface area contributed by atoms with Crippen molar-refractivity contribution in [3.63, 3.8) is 0 Å². The van der Waals surface area contributed by atoms with E-state index in [1.165, 1.54) is 24.0 Å². The van der Waals surface area contributed by atoms with E-state index < -0.39 is 17.4 Å². The summed E-state index contributed by atoms with van der Waals surface area (Å²) in [5.74, 6) is -2.21. The number of benzene rings is 2. The summed E-state index contributed by atoms with van der Waals surface area (Å²) in [5, 5.41) is 0. The molecule has 2 aliphatic carbocycles. The highest BCUT2D eigenvalue weighted by molar-refractivity contribution is 5.98. The first kappa shape index (κ1) is 26.0. The molecule has 1 saturated heterocycles. The molecule has 0 aromatic heterocycles. The molecule has 5 rings (SSSR count). The van der Waals surface area contributed by atoms with Gasteiger partial charge in [-0.2, -0.15) is 0 Å². The molecule has 3 aliphatic rings. The molecule has 0 bridgehead atoms. The molecular formula is C31H38F2N2O2. The zero-order valence-corrected chi connectivity index (χ0v) is 21.8. The van der Waals surface area contributed by atoms with Crippen LogP contribution in [0.3, 0.4) is 0 Å². The smallest absolute Gasteiger partial charge is 0.250 e. The molecule has 37 heavy (non-hydrogen) atoms. The lowest BCUT2D eigenvalue weighted by Crippen LogP contribution is -2.50. The van der Waals surface area contributed by atoms with Crippen LogP contribution in [0.2, 0.25) is 0 Å². The van der Waals surface area contributed by atoms with Crippen LogP contribution in [0.5, 0.6) is 0 Å². The summed E-state index contributed by atoms with van der Waals surface area (Å²) in [6.45, 7) is 3.90. The molecule has 2 aromatic rings. The van der Waals surface area contributed by atoms with Crippen molar-refractivity contribution in [2.24, 2.45) is 5.41 Å². The van der Waals surface area contributed by atoms with Gasteiger partial charge in [-0.3, -0.25) is 14.5 Å². The minimum absolute atomic E-state index is 0.0243. The lowest BCUT2D eigenvalue weighted by molar-refractivity contribution is -0.135. The second kappa shape index (κ2) is 10.6. The highest BCUT2D eigenvalue weighted by Crippen LogP contribution is 2.42. The Morgan fingerprint density at radius 3 is 2.22 bits per heavy atom. The number of likely N-dealkylation sites (tertiary alicyclic amines) is 1. The molecule has 0 radical (unpaired) electrons. The van der Waals surface area contributed by atoms with Crippen LogP contribution in [0.15, 0.2) is 54.6 Å². The molecule has 1 atom stereocenters. The van der Waals surface area contributed by atoms with Gasteiger partial charge in [0, 0.05) is 43.0 Å². The number of ketones is 1. The minimum atomic E-state index is -2.77. The Bertz CT molecular complexity index is 1090. The molecule has 2 saturated carbocycles. The quantitative estimate of drug-likeness (QED) is 0.397. The van der Waals surface area contributed by atoms with Gasteiger partial charge in [0.05, 0.1) is 0 Å². The van der Waals surface area contributed by atoms with Gasteiger partial charge in [0.15, 0.2) is 0 Å². The van der Waals surface area contributed by atoms with Crippen LogP contribution < -0.4 is 4.90 Å². The summed E-state index contributed by atoms with van der Waals surface area (Å²) in [6, 6.07) is 17.5. The summed E-state index contributed by atoms with van der Waals surface area (Å²) in [4.78, 5) is 30.7. The number of amides is 1. The predicted molar refractivity (Wildman–Crippen MR) is 142 cm³/mol. The average Bonchev–Trinajstić information content (AvgIpc) is 3.72. The summed E-state index contributed by atoms with van der Waals surface area (Å²) in [7, 11) is 0. The first-order valence-electron chi connectivity index (χ1n) is 13.8. The van der Waals surface area contributed by atoms with E-state index in [9.17, 15) is 18.4 Å². The van der Waals surface area contributed by atoms with E-state index >= 15 is 0 Å². The second-order valence-electron chi connectivity index (χ2n) is 11.5. The Morgan fingerprint density at radius 2 is 1.62 bits per heavy atom. The third-order valence-corrected chi connectivity index (χ3v) is 8.77. The monoisotopic (exact) mass is 508 g/mol. The van der Waals surface area contributed by atoms with Gasteiger partial charge >= 0.3 is 0 Å². The van der Waals surface area contributed by atoms with Crippen LogP contribution >= 0.6 is 0 Å². The number of Topliss-reactive ketones (excluding diaryl/α,β-unsaturated/α-hetero) is 1. The van der Waals surface area contributed by atoms with E-state index in [2.05, 4.69) is 29.2 Å². The zero-order valence-electron chi connectivity index (χ0n) is 21.8. The van der Waals surface area contributed by atoms with E-state index in [1.807, 2.05) is 30.3 Å². The third kappa shape index (κ3) is 6.11. The van der Waals surface area contributed by atoms with Gasteiger partial charge in [-0.15, -0.1) is 0 Å². The Labute approximate surface area is 219 Å². The van der Waals surface area contributed by atoms with Crippen LogP contribution in [-0.2, 0) is 16.1 Å². The molecule has 1 aliphatic heterocycles. The van der Waals surface area contributed by atoms with Gasteiger partial charge in [0.1, 0.15) is 5.78 Å². The van der Waals surface area contributed by atoms with Crippen LogP contribution in [0.1, 0.15) is 81.8 Å². The number of para-hydroxylation sites is 1. The van der Waals surface area contributed by atoms with Crippen molar-refractivity contribution in [1.29, 1.82) is 0 Å². The molecule has 198 valence electrons. The summed E-state index contributed by atoms with van der Waals surface area (Å²) in [5.41, 5.74) is 2.59. The van der Waals surface area contributed by atoms with Crippen LogP contribution in [0.4, 0.5) is 14.5 Å². The Balaban J connectivity index is 1.27. The van der Waals surface area contributed by atoms with E-state index in [1.54, 1.807) is 11.8 Å². The molecule has 2 aromatic carbocycles. The van der Waals surface area contributed by atoms with E-state index in [0.717, 1.165) is 25.6 Å². The Hall–Kier alpha value is -2.60. The van der Waals surface area contributed by atoms with Crippen molar-refractivity contribution >= 4 is 17.4 Å². The topological polar surface area (TPSA) is 40.6 Å². The number of halogens is 2. The minimum Gasteiger partial charge on any atom is -0.309 e. The van der Waals surface area contributed by atoms with Gasteiger partial charge in [-0.25, -0.2) is 8.78 Å². The summed E-state index contributed by atoms with van der Waals surface area (Å²) >= 11 is 0. The number of piperidine rings is 1. The lowest BCUT2D eigenvalue weighted by atomic mass is 9.72. The van der Waals surface area contributed by atoms with E-state index in [0.29, 0.717) is 31.4 Å². The molecule has 1 amide bonds. The molecule has 0 N–H and O–H groups in total. The molecular weight excluding hydrogens is 470 g/mol. The number of nitrogens with zero attached hydrogens (tertiary/aromatic N) is 2. The number of hydrogen-bond donors (Lipinski definition) is 0. The zero-order chi connectivity index (χ0) is 26.0. The van der Waals surface area contributed by atoms with Crippen LogP contribution in [0, 0.1) is 5.41 Å². The first-order chi connectivity index (χ1) is 17.7. The Morgan fingerprint density at radius 1 is 0.946 bits per heavy atom. The maximum Gasteiger partial charge on any atom is 0.250 e. The van der Waals surface area contributed by atoms with Crippen molar-refractivity contribution in [1.82, 2.24) is 4.90 Å². The molecule has 1 heterocycles. The highest BCUT2D eigenvalue weighted by atomic mass is 19.3. The molecule has 3 fully saturated rings. The van der Waals surface area contributed by atoms with Crippen LogP contribution in [-0.4, -0.2) is 41.6 Å². The van der Waals surface area contributed by atoms with Crippen LogP contribution in [0.25, 0.3) is 0 Å². The normalized spacial score (nSPS) is 23.4. The lowest BCUT2D eigenvalue weighted by Gasteiger charge is -2.43. The molecule has 0 spiro atoms. The van der Waals surface area contributed by atoms with Gasteiger partial charge in [-0.05, 0) is 87.7 Å². The van der Waals surface area contributed by atoms with Crippen molar-refractivity contribution in [2.45, 2.75) is 89.1 Å². The van der Waals surface area contributed by atoms with Crippen molar-refractivity contribution in [3.05, 3.63) is 65.7 Å². The molecule has 1 unspecified atom stereocenters. The number of carbonyl (C=O) groups is 2. The van der Waals surface area contributed by atoms with Crippen molar-refractivity contribution in [3.8, 4) is 0 Å². The fourth-order valence-electron chi connectivity index (χ4n) is 6.25. The number of rotatable bonds is 8. The van der Waals surface area contributed by atoms with Gasteiger partial charge in [-0.1, -0.05) is 42.5 Å². The SMILES string of the molecule is CC(=O)C1(CC(=O)N(c2ccccc2)C2CCCC(F)(F)C2)CCN(Cc2ccc(C3CC3)cc2)CC1. The van der Waals surface area contributed by atoms with Gasteiger partial charge < -0.3 is 4.90 Å². The standard InChI is InChI=1S/C31H38F2N2O2/c1-23(36)30(16-18-34(19-17-30)22-24-9-11-25(12-10-24)26-13-14-26)21-29(37)35(27-6-3-2-4-7-27)28-8-5-15-31(32,33)20-28/h2-4,6-7,9-12,26,28H,5,8,13-22H2,1H3. The number of anilines is 1. The average molecular weight is 509 g/mol. The fourth-order valence-corrected chi connectivity index (χ4v) is 6.25. The van der Waals surface area contributed by atoms with E-state index in [-0.39, 0.29) is 31.0 Å². The van der Waals surface area contributed by atoms with Gasteiger partial charge in [0.2, 0.25) is 11.8 Å². The molecule has 6 heteroatoms. The maximum atomic E-state index is 14.3. The fraction of sp³-hybridized carbons (Fsp3) is 0.548. The summed E-state index contributed by atoms with van der Waals surface area (Å²) in [6.07, 6.45) is 4.37. The van der Waals surface area contributed by atoms with E-state index in [4.69, 9.17) is 0 Å². The largest absolute Gasteiger partial charge is 0.309 e. The Kier molecular flexibility index (Phi) is 7.49. The number of carbonyl (C=O) groups excluding carboxylic acids is 2. The number of alkyl halides is 2. The van der Waals surface area contributed by atoms with Crippen molar-refractivity contribution in [2.75, 3.05) is 18.0 Å². The predicted octanol–water partition coefficient (Wildman–Crippen LogP) is 6.74. The third-order valence-electron chi connectivity index (χ3n) is 8.77. The maximum absolute atomic E-state index is 14.3. The van der Waals surface area contributed by atoms with Gasteiger partial charge in [0.25, 0.3) is 0 Å².